The molecule has 3 rings (SSSR count). The predicted molar refractivity (Wildman–Crippen MR) is 81.0 cm³/mol. The van der Waals surface area contributed by atoms with E-state index in [1.807, 2.05) is 11.8 Å². The number of hydrogen-bond donors (Lipinski definition) is 0. The lowest BCUT2D eigenvalue weighted by Crippen LogP contribution is -2.37. The average molecular weight is 306 g/mol. The molecule has 7 heteroatoms. The molecule has 1 aromatic rings. The monoisotopic (exact) mass is 306 g/mol. The van der Waals surface area contributed by atoms with Gasteiger partial charge in [0.15, 0.2) is 5.82 Å². The predicted octanol–water partition coefficient (Wildman–Crippen LogP) is 0.703. The van der Waals surface area contributed by atoms with Crippen molar-refractivity contribution in [2.75, 3.05) is 44.3 Å². The number of anilines is 1. The van der Waals surface area contributed by atoms with Gasteiger partial charge in [0.1, 0.15) is 6.10 Å². The molecule has 2 aliphatic heterocycles. The Labute approximate surface area is 130 Å². The van der Waals surface area contributed by atoms with E-state index in [0.717, 1.165) is 31.9 Å². The Morgan fingerprint density at radius 3 is 2.86 bits per heavy atom. The molecule has 0 spiro atoms. The Balaban J connectivity index is 1.67. The topological polar surface area (TPSA) is 67.8 Å². The van der Waals surface area contributed by atoms with Gasteiger partial charge in [-0.2, -0.15) is 0 Å². The highest BCUT2D eigenvalue weighted by atomic mass is 16.5. The summed E-state index contributed by atoms with van der Waals surface area (Å²) in [7, 11) is 0. The summed E-state index contributed by atoms with van der Waals surface area (Å²) in [6.45, 7) is 6.24. The second kappa shape index (κ2) is 6.91. The number of ether oxygens (including phenoxy) is 2. The quantitative estimate of drug-likeness (QED) is 0.816. The first kappa shape index (κ1) is 15.0. The van der Waals surface area contributed by atoms with E-state index in [9.17, 15) is 4.79 Å². The van der Waals surface area contributed by atoms with Gasteiger partial charge in [-0.15, -0.1) is 0 Å². The molecule has 0 radical (unpaired) electrons. The third-order valence-electron chi connectivity index (χ3n) is 4.04. The molecule has 3 heterocycles. The van der Waals surface area contributed by atoms with Crippen LogP contribution in [-0.4, -0.2) is 66.3 Å². The Bertz CT molecular complexity index is 519. The van der Waals surface area contributed by atoms with Gasteiger partial charge in [-0.25, -0.2) is 9.97 Å². The molecule has 0 aromatic carbocycles. The molecular weight excluding hydrogens is 284 g/mol. The van der Waals surface area contributed by atoms with E-state index < -0.39 is 0 Å². The summed E-state index contributed by atoms with van der Waals surface area (Å²) in [4.78, 5) is 24.5. The summed E-state index contributed by atoms with van der Waals surface area (Å²) in [5, 5.41) is 0. The molecule has 0 saturated carbocycles. The smallest absolute Gasteiger partial charge is 0.257 e. The van der Waals surface area contributed by atoms with Gasteiger partial charge in [-0.3, -0.25) is 4.79 Å². The first-order valence-electron chi connectivity index (χ1n) is 7.86. The molecule has 7 nitrogen and oxygen atoms in total. The lowest BCUT2D eigenvalue weighted by molar-refractivity contribution is -0.130. The fourth-order valence-electron chi connectivity index (χ4n) is 2.83. The van der Waals surface area contributed by atoms with E-state index >= 15 is 0 Å². The third-order valence-corrected chi connectivity index (χ3v) is 4.04. The normalized spacial score (nSPS) is 22.0. The molecular formula is C15H22N4O3. The van der Waals surface area contributed by atoms with E-state index in [2.05, 4.69) is 14.9 Å². The van der Waals surface area contributed by atoms with Gasteiger partial charge in [0.25, 0.3) is 5.88 Å². The largest absolute Gasteiger partial charge is 0.470 e. The fraction of sp³-hybridized carbons (Fsp3) is 0.667. The standard InChI is InChI=1S/C15H22N4O3/c1-2-13(20)19-6-3-12(11-19)22-15-14(16-4-5-17-15)18-7-9-21-10-8-18/h4-5,12H,2-3,6-11H2,1H3. The van der Waals surface area contributed by atoms with Gasteiger partial charge in [-0.05, 0) is 0 Å². The molecule has 0 aliphatic carbocycles. The maximum atomic E-state index is 11.7. The second-order valence-corrected chi connectivity index (χ2v) is 5.51. The first-order chi connectivity index (χ1) is 10.8. The minimum Gasteiger partial charge on any atom is -0.470 e. The van der Waals surface area contributed by atoms with Crippen LogP contribution in [0.4, 0.5) is 5.82 Å². The number of amides is 1. The number of carbonyl (C=O) groups is 1. The van der Waals surface area contributed by atoms with Crippen LogP contribution in [0.25, 0.3) is 0 Å². The number of carbonyl (C=O) groups excluding carboxylic acids is 1. The summed E-state index contributed by atoms with van der Waals surface area (Å²) in [5.74, 6) is 1.50. The van der Waals surface area contributed by atoms with Crippen molar-refractivity contribution >= 4 is 11.7 Å². The van der Waals surface area contributed by atoms with Crippen LogP contribution in [0.3, 0.4) is 0 Å². The third kappa shape index (κ3) is 3.30. The molecule has 1 unspecified atom stereocenters. The molecule has 0 bridgehead atoms. The van der Waals surface area contributed by atoms with Gasteiger partial charge in [0.2, 0.25) is 5.91 Å². The van der Waals surface area contributed by atoms with E-state index in [-0.39, 0.29) is 12.0 Å². The summed E-state index contributed by atoms with van der Waals surface area (Å²) in [6.07, 6.45) is 4.69. The molecule has 2 saturated heterocycles. The van der Waals surface area contributed by atoms with Crippen molar-refractivity contribution in [3.05, 3.63) is 12.4 Å². The number of hydrogen-bond acceptors (Lipinski definition) is 6. The molecule has 1 atom stereocenters. The highest BCUT2D eigenvalue weighted by molar-refractivity contribution is 5.76. The molecule has 22 heavy (non-hydrogen) atoms. The second-order valence-electron chi connectivity index (χ2n) is 5.51. The van der Waals surface area contributed by atoms with Crippen LogP contribution in [-0.2, 0) is 9.53 Å². The van der Waals surface area contributed by atoms with Crippen LogP contribution >= 0.6 is 0 Å². The summed E-state index contributed by atoms with van der Waals surface area (Å²) >= 11 is 0. The van der Waals surface area contributed by atoms with Crippen molar-refractivity contribution in [1.29, 1.82) is 0 Å². The van der Waals surface area contributed by atoms with Crippen LogP contribution in [0.15, 0.2) is 12.4 Å². The van der Waals surface area contributed by atoms with Crippen LogP contribution in [0.5, 0.6) is 5.88 Å². The molecule has 1 aromatic heterocycles. The molecule has 1 amide bonds. The van der Waals surface area contributed by atoms with Crippen molar-refractivity contribution in [2.45, 2.75) is 25.9 Å². The van der Waals surface area contributed by atoms with E-state index in [4.69, 9.17) is 9.47 Å². The number of rotatable bonds is 4. The number of likely N-dealkylation sites (tertiary alicyclic amines) is 1. The molecule has 120 valence electrons. The summed E-state index contributed by atoms with van der Waals surface area (Å²) in [5.41, 5.74) is 0. The van der Waals surface area contributed by atoms with Crippen molar-refractivity contribution in [3.63, 3.8) is 0 Å². The lowest BCUT2D eigenvalue weighted by atomic mass is 10.3. The Kier molecular flexibility index (Phi) is 4.72. The van der Waals surface area contributed by atoms with Crippen molar-refractivity contribution in [3.8, 4) is 5.88 Å². The minimum absolute atomic E-state index is 0.00742. The zero-order chi connectivity index (χ0) is 15.4. The Hall–Kier alpha value is -1.89. The molecule has 2 aliphatic rings. The highest BCUT2D eigenvalue weighted by Gasteiger charge is 2.28. The van der Waals surface area contributed by atoms with Gasteiger partial charge in [0.05, 0.1) is 19.8 Å². The van der Waals surface area contributed by atoms with Crippen molar-refractivity contribution in [2.24, 2.45) is 0 Å². The molecule has 2 fully saturated rings. The fourth-order valence-corrected chi connectivity index (χ4v) is 2.83. The van der Waals surface area contributed by atoms with Crippen molar-refractivity contribution < 1.29 is 14.3 Å². The zero-order valence-corrected chi connectivity index (χ0v) is 12.9. The van der Waals surface area contributed by atoms with Crippen molar-refractivity contribution in [1.82, 2.24) is 14.9 Å². The van der Waals surface area contributed by atoms with Gasteiger partial charge >= 0.3 is 0 Å². The average Bonchev–Trinajstić information content (AvgIpc) is 3.04. The van der Waals surface area contributed by atoms with Crippen LogP contribution in [0.1, 0.15) is 19.8 Å². The van der Waals surface area contributed by atoms with E-state index in [1.54, 1.807) is 12.4 Å². The lowest BCUT2D eigenvalue weighted by Gasteiger charge is -2.29. The number of aromatic nitrogens is 2. The Morgan fingerprint density at radius 1 is 1.32 bits per heavy atom. The maximum absolute atomic E-state index is 11.7. The number of morpholine rings is 1. The van der Waals surface area contributed by atoms with Gasteiger partial charge in [-0.1, -0.05) is 6.92 Å². The van der Waals surface area contributed by atoms with Gasteiger partial charge in [0, 0.05) is 44.9 Å². The SMILES string of the molecule is CCC(=O)N1CCC(Oc2nccnc2N2CCOCC2)C1. The highest BCUT2D eigenvalue weighted by Crippen LogP contribution is 2.26. The first-order valence-corrected chi connectivity index (χ1v) is 7.86. The van der Waals surface area contributed by atoms with Crippen LogP contribution in [0, 0.1) is 0 Å². The zero-order valence-electron chi connectivity index (χ0n) is 12.9. The minimum atomic E-state index is -0.00742. The van der Waals surface area contributed by atoms with E-state index in [1.165, 1.54) is 0 Å². The molecule has 0 N–H and O–H groups in total. The van der Waals surface area contributed by atoms with Crippen LogP contribution in [0.2, 0.25) is 0 Å². The summed E-state index contributed by atoms with van der Waals surface area (Å²) < 4.78 is 11.4. The Morgan fingerprint density at radius 2 is 2.09 bits per heavy atom. The van der Waals surface area contributed by atoms with Gasteiger partial charge < -0.3 is 19.3 Å². The number of nitrogens with zero attached hydrogens (tertiary/aromatic N) is 4. The van der Waals surface area contributed by atoms with E-state index in [0.29, 0.717) is 32.1 Å². The summed E-state index contributed by atoms with van der Waals surface area (Å²) in [6, 6.07) is 0. The van der Waals surface area contributed by atoms with Crippen LogP contribution < -0.4 is 9.64 Å². The maximum Gasteiger partial charge on any atom is 0.257 e.